The normalized spacial score (nSPS) is 18.3. The molecule has 4 amide bonds. The third-order valence-electron chi connectivity index (χ3n) is 4.79. The van der Waals surface area contributed by atoms with Crippen molar-refractivity contribution in [3.8, 4) is 0 Å². The number of methoxy groups -OCH3 is 1. The Balaban J connectivity index is 1.60. The van der Waals surface area contributed by atoms with E-state index in [2.05, 4.69) is 15.4 Å². The second-order valence-electron chi connectivity index (χ2n) is 6.78. The van der Waals surface area contributed by atoms with Crippen molar-refractivity contribution in [1.29, 1.82) is 0 Å². The quantitative estimate of drug-likeness (QED) is 0.571. The molecule has 2 N–H and O–H groups in total. The monoisotopic (exact) mass is 395 g/mol. The van der Waals surface area contributed by atoms with Crippen LogP contribution in [0.3, 0.4) is 0 Å². The summed E-state index contributed by atoms with van der Waals surface area (Å²) in [6, 6.07) is 14.8. The topological polar surface area (TPSA) is 105 Å². The van der Waals surface area contributed by atoms with Gasteiger partial charge in [0.25, 0.3) is 5.91 Å². The molecule has 1 saturated heterocycles. The van der Waals surface area contributed by atoms with Gasteiger partial charge in [-0.25, -0.2) is 9.59 Å². The Morgan fingerprint density at radius 1 is 1.07 bits per heavy atom. The van der Waals surface area contributed by atoms with E-state index in [-0.39, 0.29) is 13.1 Å². The fraction of sp³-hybridized carbons (Fsp3) is 0.238. The fourth-order valence-electron chi connectivity index (χ4n) is 3.08. The van der Waals surface area contributed by atoms with Crippen LogP contribution in [0.1, 0.15) is 28.4 Å². The van der Waals surface area contributed by atoms with Crippen LogP contribution in [0.15, 0.2) is 54.6 Å². The Hall–Kier alpha value is -3.68. The summed E-state index contributed by atoms with van der Waals surface area (Å²) < 4.78 is 4.63. The first-order valence-corrected chi connectivity index (χ1v) is 8.99. The van der Waals surface area contributed by atoms with Crippen LogP contribution in [0.25, 0.3) is 0 Å². The largest absolute Gasteiger partial charge is 0.465 e. The van der Waals surface area contributed by atoms with Crippen LogP contribution in [-0.2, 0) is 26.4 Å². The molecular formula is C21H21N3O5. The third kappa shape index (κ3) is 4.11. The molecule has 1 aliphatic rings. The summed E-state index contributed by atoms with van der Waals surface area (Å²) in [6.45, 7) is 1.43. The van der Waals surface area contributed by atoms with Gasteiger partial charge in [0.15, 0.2) is 0 Å². The van der Waals surface area contributed by atoms with E-state index < -0.39 is 29.4 Å². The number of nitrogens with zero attached hydrogens (tertiary/aromatic N) is 1. The Labute approximate surface area is 167 Å². The van der Waals surface area contributed by atoms with Gasteiger partial charge in [-0.05, 0) is 30.2 Å². The molecule has 1 atom stereocenters. The second-order valence-corrected chi connectivity index (χ2v) is 6.78. The highest BCUT2D eigenvalue weighted by atomic mass is 16.5. The Morgan fingerprint density at radius 2 is 1.72 bits per heavy atom. The van der Waals surface area contributed by atoms with Crippen molar-refractivity contribution in [2.75, 3.05) is 13.7 Å². The number of esters is 1. The van der Waals surface area contributed by atoms with Gasteiger partial charge in [0, 0.05) is 6.54 Å². The van der Waals surface area contributed by atoms with E-state index in [1.165, 1.54) is 7.11 Å². The summed E-state index contributed by atoms with van der Waals surface area (Å²) in [4.78, 5) is 49.7. The molecule has 0 saturated carbocycles. The number of carbonyl (C=O) groups excluding carboxylic acids is 4. The molecule has 1 fully saturated rings. The summed E-state index contributed by atoms with van der Waals surface area (Å²) in [7, 11) is 1.30. The average Bonchev–Trinajstić information content (AvgIpc) is 2.96. The lowest BCUT2D eigenvalue weighted by Gasteiger charge is -2.22. The molecule has 29 heavy (non-hydrogen) atoms. The first kappa shape index (κ1) is 20.1. The molecule has 150 valence electrons. The minimum Gasteiger partial charge on any atom is -0.465 e. The van der Waals surface area contributed by atoms with Crippen molar-refractivity contribution < 1.29 is 23.9 Å². The van der Waals surface area contributed by atoms with Gasteiger partial charge in [-0.1, -0.05) is 42.5 Å². The van der Waals surface area contributed by atoms with Crippen molar-refractivity contribution in [2.24, 2.45) is 0 Å². The molecule has 8 nitrogen and oxygen atoms in total. The van der Waals surface area contributed by atoms with Crippen molar-refractivity contribution in [2.45, 2.75) is 19.0 Å². The molecule has 0 aliphatic carbocycles. The zero-order chi connectivity index (χ0) is 21.0. The molecule has 2 aromatic carbocycles. The lowest BCUT2D eigenvalue weighted by molar-refractivity contribution is -0.134. The predicted molar refractivity (Wildman–Crippen MR) is 104 cm³/mol. The standard InChI is InChI=1S/C21H21N3O5/c1-21(16-6-4-3-5-7-16)19(27)24(20(28)23-21)13-17(25)22-12-14-8-10-15(11-9-14)18(26)29-2/h3-11H,12-13H2,1-2H3,(H,22,25)(H,23,28). The van der Waals surface area contributed by atoms with E-state index in [1.807, 2.05) is 6.07 Å². The second kappa shape index (κ2) is 8.14. The summed E-state index contributed by atoms with van der Waals surface area (Å²) in [5.74, 6) is -1.39. The van der Waals surface area contributed by atoms with Gasteiger partial charge in [0.05, 0.1) is 12.7 Å². The van der Waals surface area contributed by atoms with Crippen molar-refractivity contribution in [1.82, 2.24) is 15.5 Å². The maximum Gasteiger partial charge on any atom is 0.337 e. The number of hydrogen-bond donors (Lipinski definition) is 2. The number of benzene rings is 2. The highest BCUT2D eigenvalue weighted by Gasteiger charge is 2.49. The van der Waals surface area contributed by atoms with Crippen LogP contribution in [0.2, 0.25) is 0 Å². The van der Waals surface area contributed by atoms with E-state index in [1.54, 1.807) is 55.5 Å². The number of hydrogen-bond acceptors (Lipinski definition) is 5. The van der Waals surface area contributed by atoms with Crippen LogP contribution < -0.4 is 10.6 Å². The lowest BCUT2D eigenvalue weighted by Crippen LogP contribution is -2.43. The molecular weight excluding hydrogens is 374 g/mol. The van der Waals surface area contributed by atoms with Gasteiger partial charge in [0.1, 0.15) is 12.1 Å². The van der Waals surface area contributed by atoms with Gasteiger partial charge in [-0.2, -0.15) is 0 Å². The van der Waals surface area contributed by atoms with Gasteiger partial charge >= 0.3 is 12.0 Å². The zero-order valence-electron chi connectivity index (χ0n) is 16.1. The molecule has 0 spiro atoms. The van der Waals surface area contributed by atoms with E-state index in [9.17, 15) is 19.2 Å². The summed E-state index contributed by atoms with van der Waals surface area (Å²) in [6.07, 6.45) is 0. The molecule has 0 aromatic heterocycles. The highest BCUT2D eigenvalue weighted by molar-refractivity contribution is 6.09. The van der Waals surface area contributed by atoms with Gasteiger partial charge in [-0.15, -0.1) is 0 Å². The van der Waals surface area contributed by atoms with E-state index in [4.69, 9.17) is 0 Å². The van der Waals surface area contributed by atoms with E-state index >= 15 is 0 Å². The maximum absolute atomic E-state index is 12.8. The van der Waals surface area contributed by atoms with Gasteiger partial charge in [0.2, 0.25) is 5.91 Å². The average molecular weight is 395 g/mol. The fourth-order valence-corrected chi connectivity index (χ4v) is 3.08. The molecule has 1 heterocycles. The SMILES string of the molecule is COC(=O)c1ccc(CNC(=O)CN2C(=O)NC(C)(c3ccccc3)C2=O)cc1. The predicted octanol–water partition coefficient (Wildman–Crippen LogP) is 1.56. The van der Waals surface area contributed by atoms with Gasteiger partial charge in [-0.3, -0.25) is 14.5 Å². The number of rotatable bonds is 6. The van der Waals surface area contributed by atoms with E-state index in [0.717, 1.165) is 10.5 Å². The number of carbonyl (C=O) groups is 4. The van der Waals surface area contributed by atoms with Crippen LogP contribution in [-0.4, -0.2) is 42.4 Å². The molecule has 2 aromatic rings. The minimum atomic E-state index is -1.21. The molecule has 1 aliphatic heterocycles. The van der Waals surface area contributed by atoms with Crippen LogP contribution in [0.4, 0.5) is 4.79 Å². The third-order valence-corrected chi connectivity index (χ3v) is 4.79. The number of amides is 4. The number of imide groups is 1. The summed E-state index contributed by atoms with van der Waals surface area (Å²) in [5.41, 5.74) is 0.605. The van der Waals surface area contributed by atoms with Crippen molar-refractivity contribution >= 4 is 23.8 Å². The minimum absolute atomic E-state index is 0.194. The van der Waals surface area contributed by atoms with Crippen LogP contribution in [0, 0.1) is 0 Å². The zero-order valence-corrected chi connectivity index (χ0v) is 16.1. The number of nitrogens with one attached hydrogen (secondary N) is 2. The molecule has 3 rings (SSSR count). The lowest BCUT2D eigenvalue weighted by atomic mass is 9.92. The Kier molecular flexibility index (Phi) is 5.63. The van der Waals surface area contributed by atoms with Crippen molar-refractivity contribution in [3.63, 3.8) is 0 Å². The van der Waals surface area contributed by atoms with Gasteiger partial charge < -0.3 is 15.4 Å². The van der Waals surface area contributed by atoms with Crippen molar-refractivity contribution in [3.05, 3.63) is 71.3 Å². The van der Waals surface area contributed by atoms with E-state index in [0.29, 0.717) is 11.1 Å². The van der Waals surface area contributed by atoms with Crippen LogP contribution >= 0.6 is 0 Å². The number of urea groups is 1. The maximum atomic E-state index is 12.8. The number of ether oxygens (including phenoxy) is 1. The summed E-state index contributed by atoms with van der Waals surface area (Å²) >= 11 is 0. The Bertz CT molecular complexity index is 943. The molecule has 0 radical (unpaired) electrons. The summed E-state index contributed by atoms with van der Waals surface area (Å²) in [5, 5.41) is 5.33. The first-order valence-electron chi connectivity index (χ1n) is 8.99. The first-order chi connectivity index (χ1) is 13.8. The molecule has 8 heteroatoms. The smallest absolute Gasteiger partial charge is 0.337 e. The van der Waals surface area contributed by atoms with Crippen LogP contribution in [0.5, 0.6) is 0 Å². The molecule has 0 bridgehead atoms. The Morgan fingerprint density at radius 3 is 2.34 bits per heavy atom. The highest BCUT2D eigenvalue weighted by Crippen LogP contribution is 2.28. The molecule has 1 unspecified atom stereocenters.